The Labute approximate surface area is 145 Å². The van der Waals surface area contributed by atoms with Crippen molar-refractivity contribution in [3.63, 3.8) is 0 Å². The van der Waals surface area contributed by atoms with Crippen LogP contribution in [0, 0.1) is 0 Å². The number of amidine groups is 1. The zero-order valence-electron chi connectivity index (χ0n) is 13.3. The van der Waals surface area contributed by atoms with Gasteiger partial charge in [-0.05, 0) is 31.2 Å². The normalized spacial score (nSPS) is 13.6. The van der Waals surface area contributed by atoms with Gasteiger partial charge >= 0.3 is 6.03 Å². The van der Waals surface area contributed by atoms with Gasteiger partial charge in [0.15, 0.2) is 0 Å². The van der Waals surface area contributed by atoms with Gasteiger partial charge in [0.25, 0.3) is 0 Å². The number of amides is 2. The van der Waals surface area contributed by atoms with Crippen LogP contribution >= 0.6 is 11.6 Å². The lowest BCUT2D eigenvalue weighted by molar-refractivity contribution is 0.236. The summed E-state index contributed by atoms with van der Waals surface area (Å²) in [6.45, 7) is 3.54. The third-order valence-electron chi connectivity index (χ3n) is 3.60. The number of nitrogens with zero attached hydrogens (tertiary/aromatic N) is 2. The van der Waals surface area contributed by atoms with E-state index >= 15 is 0 Å². The van der Waals surface area contributed by atoms with Gasteiger partial charge in [-0.1, -0.05) is 35.9 Å². The Bertz CT molecular complexity index is 776. The van der Waals surface area contributed by atoms with Crippen LogP contribution in [0.4, 0.5) is 10.5 Å². The molecule has 1 aliphatic rings. The first kappa shape index (κ1) is 16.3. The molecule has 6 heteroatoms. The summed E-state index contributed by atoms with van der Waals surface area (Å²) >= 11 is 6.05. The molecule has 24 heavy (non-hydrogen) atoms. The smallest absolute Gasteiger partial charge is 0.327 e. The lowest BCUT2D eigenvalue weighted by Gasteiger charge is -2.20. The summed E-state index contributed by atoms with van der Waals surface area (Å²) in [6, 6.07) is 14.5. The number of carbonyl (C=O) groups is 1. The number of ether oxygens (including phenoxy) is 1. The van der Waals surface area contributed by atoms with Crippen LogP contribution in [0.3, 0.4) is 0 Å². The van der Waals surface area contributed by atoms with E-state index < -0.39 is 0 Å². The van der Waals surface area contributed by atoms with Crippen LogP contribution in [0.2, 0.25) is 5.02 Å². The second-order valence-electron chi connectivity index (χ2n) is 5.23. The second-order valence-corrected chi connectivity index (χ2v) is 5.66. The van der Waals surface area contributed by atoms with E-state index in [4.69, 9.17) is 16.3 Å². The van der Waals surface area contributed by atoms with E-state index in [-0.39, 0.29) is 6.03 Å². The summed E-state index contributed by atoms with van der Waals surface area (Å²) in [5.74, 6) is 1.28. The Morgan fingerprint density at radius 2 is 2.12 bits per heavy atom. The van der Waals surface area contributed by atoms with Crippen molar-refractivity contribution < 1.29 is 9.53 Å². The zero-order chi connectivity index (χ0) is 16.9. The van der Waals surface area contributed by atoms with Crippen molar-refractivity contribution in [2.45, 2.75) is 6.92 Å². The topological polar surface area (TPSA) is 53.9 Å². The van der Waals surface area contributed by atoms with Gasteiger partial charge in [-0.2, -0.15) is 0 Å². The predicted molar refractivity (Wildman–Crippen MR) is 96.2 cm³/mol. The molecule has 2 aromatic rings. The van der Waals surface area contributed by atoms with E-state index in [1.165, 1.54) is 0 Å². The molecule has 0 bridgehead atoms. The molecule has 0 spiro atoms. The van der Waals surface area contributed by atoms with Crippen LogP contribution in [0.1, 0.15) is 12.5 Å². The average Bonchev–Trinajstić information content (AvgIpc) is 3.07. The molecule has 1 heterocycles. The van der Waals surface area contributed by atoms with Crippen molar-refractivity contribution in [1.82, 2.24) is 4.90 Å². The number of benzene rings is 2. The van der Waals surface area contributed by atoms with Gasteiger partial charge in [-0.15, -0.1) is 0 Å². The highest BCUT2D eigenvalue weighted by Crippen LogP contribution is 2.25. The number of urea groups is 1. The average molecular weight is 344 g/mol. The molecule has 1 N–H and O–H groups in total. The number of aliphatic imine (C=N–C) groups is 1. The number of para-hydroxylation sites is 2. The fraction of sp³-hybridized carbons (Fsp3) is 0.222. The number of nitrogens with one attached hydrogen (secondary N) is 1. The van der Waals surface area contributed by atoms with Crippen molar-refractivity contribution in [2.24, 2.45) is 4.99 Å². The molecule has 2 aromatic carbocycles. The van der Waals surface area contributed by atoms with Crippen molar-refractivity contribution >= 4 is 29.2 Å². The maximum Gasteiger partial charge on any atom is 0.327 e. The number of hydrogen-bond acceptors (Lipinski definition) is 3. The quantitative estimate of drug-likeness (QED) is 0.911. The third kappa shape index (κ3) is 3.51. The molecule has 0 radical (unpaired) electrons. The Kier molecular flexibility index (Phi) is 5.01. The number of rotatable bonds is 4. The van der Waals surface area contributed by atoms with Crippen molar-refractivity contribution in [2.75, 3.05) is 25.0 Å². The molecule has 3 rings (SSSR count). The van der Waals surface area contributed by atoms with Crippen LogP contribution in [0.25, 0.3) is 0 Å². The van der Waals surface area contributed by atoms with E-state index in [9.17, 15) is 4.79 Å². The van der Waals surface area contributed by atoms with Gasteiger partial charge in [0, 0.05) is 17.1 Å². The molecule has 0 fully saturated rings. The molecule has 124 valence electrons. The summed E-state index contributed by atoms with van der Waals surface area (Å²) in [5, 5.41) is 3.51. The first-order valence-electron chi connectivity index (χ1n) is 7.80. The first-order valence-corrected chi connectivity index (χ1v) is 8.17. The maximum absolute atomic E-state index is 12.7. The molecule has 0 saturated carbocycles. The molecular formula is C18H18ClN3O2. The Balaban J connectivity index is 1.79. The first-order chi connectivity index (χ1) is 11.7. The summed E-state index contributed by atoms with van der Waals surface area (Å²) in [6.07, 6.45) is 0. The van der Waals surface area contributed by atoms with Gasteiger partial charge in [0.05, 0.1) is 18.8 Å². The molecule has 2 amide bonds. The van der Waals surface area contributed by atoms with Gasteiger partial charge in [-0.3, -0.25) is 9.89 Å². The van der Waals surface area contributed by atoms with Crippen molar-refractivity contribution in [3.05, 3.63) is 59.1 Å². The van der Waals surface area contributed by atoms with E-state index in [1.807, 2.05) is 43.3 Å². The minimum Gasteiger partial charge on any atom is -0.492 e. The number of hydrogen-bond donors (Lipinski definition) is 1. The molecule has 0 aliphatic carbocycles. The van der Waals surface area contributed by atoms with Crippen LogP contribution < -0.4 is 10.1 Å². The maximum atomic E-state index is 12.7. The molecule has 0 aromatic heterocycles. The monoisotopic (exact) mass is 343 g/mol. The van der Waals surface area contributed by atoms with E-state index in [0.29, 0.717) is 42.0 Å². The Hall–Kier alpha value is -2.53. The molecule has 5 nitrogen and oxygen atoms in total. The Morgan fingerprint density at radius 1 is 1.29 bits per heavy atom. The molecule has 1 aliphatic heterocycles. The van der Waals surface area contributed by atoms with Crippen LogP contribution in [0.15, 0.2) is 53.5 Å². The molecule has 0 saturated heterocycles. The van der Waals surface area contributed by atoms with Gasteiger partial charge in [0.1, 0.15) is 11.6 Å². The van der Waals surface area contributed by atoms with Gasteiger partial charge < -0.3 is 10.1 Å². The van der Waals surface area contributed by atoms with Crippen molar-refractivity contribution in [3.8, 4) is 5.75 Å². The van der Waals surface area contributed by atoms with E-state index in [0.717, 1.165) is 5.56 Å². The minimum absolute atomic E-state index is 0.238. The number of carbonyl (C=O) groups excluding carboxylic acids is 1. The summed E-state index contributed by atoms with van der Waals surface area (Å²) in [7, 11) is 0. The summed E-state index contributed by atoms with van der Waals surface area (Å²) in [4.78, 5) is 18.7. The van der Waals surface area contributed by atoms with Crippen LogP contribution in [-0.4, -0.2) is 36.5 Å². The highest BCUT2D eigenvalue weighted by atomic mass is 35.5. The predicted octanol–water partition coefficient (Wildman–Crippen LogP) is 4.03. The zero-order valence-corrected chi connectivity index (χ0v) is 14.1. The summed E-state index contributed by atoms with van der Waals surface area (Å²) in [5.41, 5.74) is 1.47. The number of anilines is 1. The molecule has 0 atom stereocenters. The molecule has 0 unspecified atom stereocenters. The Morgan fingerprint density at radius 3 is 2.92 bits per heavy atom. The lowest BCUT2D eigenvalue weighted by atomic mass is 10.2. The van der Waals surface area contributed by atoms with Gasteiger partial charge in [-0.25, -0.2) is 4.79 Å². The second kappa shape index (κ2) is 7.36. The lowest BCUT2D eigenvalue weighted by Crippen LogP contribution is -2.38. The molecular weight excluding hydrogens is 326 g/mol. The van der Waals surface area contributed by atoms with Crippen LogP contribution in [-0.2, 0) is 0 Å². The van der Waals surface area contributed by atoms with Gasteiger partial charge in [0.2, 0.25) is 0 Å². The standard InChI is InChI=1S/C18H18ClN3O2/c1-2-24-16-9-4-3-8-15(16)21-18(23)22-11-10-20-17(22)13-6-5-7-14(19)12-13/h3-9,12H,2,10-11H2,1H3,(H,21,23). The van der Waals surface area contributed by atoms with Crippen molar-refractivity contribution in [1.29, 1.82) is 0 Å². The van der Waals surface area contributed by atoms with E-state index in [1.54, 1.807) is 17.0 Å². The van der Waals surface area contributed by atoms with Crippen LogP contribution in [0.5, 0.6) is 5.75 Å². The highest BCUT2D eigenvalue weighted by molar-refractivity contribution is 6.31. The minimum atomic E-state index is -0.238. The SMILES string of the molecule is CCOc1ccccc1NC(=O)N1CCN=C1c1cccc(Cl)c1. The highest BCUT2D eigenvalue weighted by Gasteiger charge is 2.25. The van der Waals surface area contributed by atoms with E-state index in [2.05, 4.69) is 10.3 Å². The largest absolute Gasteiger partial charge is 0.492 e. The number of halogens is 1. The fourth-order valence-electron chi connectivity index (χ4n) is 2.55. The third-order valence-corrected chi connectivity index (χ3v) is 3.83. The summed E-state index contributed by atoms with van der Waals surface area (Å²) < 4.78 is 5.55. The fourth-order valence-corrected chi connectivity index (χ4v) is 2.74.